The van der Waals surface area contributed by atoms with Gasteiger partial charge >= 0.3 is 0 Å². The fraction of sp³-hybridized carbons (Fsp3) is 0.500. The lowest BCUT2D eigenvalue weighted by Crippen LogP contribution is -2.00. The first-order valence-corrected chi connectivity index (χ1v) is 6.64. The Bertz CT molecular complexity index is 523. The summed E-state index contributed by atoms with van der Waals surface area (Å²) in [6.45, 7) is 5.13. The quantitative estimate of drug-likeness (QED) is 0.853. The Balaban J connectivity index is 2.51. The highest BCUT2D eigenvalue weighted by Crippen LogP contribution is 2.26. The molecule has 4 nitrogen and oxygen atoms in total. The molecule has 2 aromatic rings. The summed E-state index contributed by atoms with van der Waals surface area (Å²) in [7, 11) is 0. The number of aromatic nitrogens is 4. The van der Waals surface area contributed by atoms with Gasteiger partial charge in [-0.3, -0.25) is 9.67 Å². The molecular formula is C10H14N4S2. The lowest BCUT2D eigenvalue weighted by molar-refractivity contribution is 0.675. The summed E-state index contributed by atoms with van der Waals surface area (Å²) < 4.78 is 2.73. The summed E-state index contributed by atoms with van der Waals surface area (Å²) in [6.07, 6.45) is 1.96. The van der Waals surface area contributed by atoms with Gasteiger partial charge in [-0.1, -0.05) is 13.8 Å². The Morgan fingerprint density at radius 1 is 1.50 bits per heavy atom. The van der Waals surface area contributed by atoms with Crippen molar-refractivity contribution in [3.05, 3.63) is 16.0 Å². The molecule has 0 atom stereocenters. The Kier molecular flexibility index (Phi) is 3.50. The molecule has 0 fully saturated rings. The van der Waals surface area contributed by atoms with E-state index in [9.17, 15) is 0 Å². The molecule has 0 aliphatic heterocycles. The van der Waals surface area contributed by atoms with Crippen LogP contribution in [0, 0.1) is 4.77 Å². The van der Waals surface area contributed by atoms with Gasteiger partial charge in [0.1, 0.15) is 0 Å². The normalized spacial score (nSPS) is 10.9. The molecule has 0 radical (unpaired) electrons. The van der Waals surface area contributed by atoms with Gasteiger partial charge in [-0.05, 0) is 25.1 Å². The second kappa shape index (κ2) is 4.88. The third kappa shape index (κ3) is 1.94. The van der Waals surface area contributed by atoms with E-state index in [4.69, 9.17) is 12.2 Å². The lowest BCUT2D eigenvalue weighted by Gasteiger charge is -2.03. The molecule has 86 valence electrons. The maximum absolute atomic E-state index is 5.22. The van der Waals surface area contributed by atoms with Crippen molar-refractivity contribution < 1.29 is 0 Å². The zero-order chi connectivity index (χ0) is 11.5. The molecule has 2 aromatic heterocycles. The van der Waals surface area contributed by atoms with Crippen molar-refractivity contribution in [1.29, 1.82) is 0 Å². The van der Waals surface area contributed by atoms with Crippen LogP contribution in [0.4, 0.5) is 0 Å². The van der Waals surface area contributed by atoms with Crippen LogP contribution in [0.2, 0.25) is 0 Å². The second-order valence-corrected chi connectivity index (χ2v) is 4.73. The molecular weight excluding hydrogens is 240 g/mol. The van der Waals surface area contributed by atoms with E-state index in [2.05, 4.69) is 29.0 Å². The van der Waals surface area contributed by atoms with E-state index in [1.165, 1.54) is 0 Å². The Morgan fingerprint density at radius 3 is 3.00 bits per heavy atom. The maximum atomic E-state index is 5.22. The number of hydrogen-bond acceptors (Lipinski definition) is 4. The van der Waals surface area contributed by atoms with E-state index in [0.717, 1.165) is 35.8 Å². The zero-order valence-corrected chi connectivity index (χ0v) is 11.0. The smallest absolute Gasteiger partial charge is 0.195 e. The molecule has 16 heavy (non-hydrogen) atoms. The molecule has 2 rings (SSSR count). The monoisotopic (exact) mass is 254 g/mol. The van der Waals surface area contributed by atoms with Gasteiger partial charge in [0.2, 0.25) is 0 Å². The van der Waals surface area contributed by atoms with Crippen molar-refractivity contribution in [1.82, 2.24) is 19.7 Å². The van der Waals surface area contributed by atoms with Crippen molar-refractivity contribution in [2.75, 3.05) is 0 Å². The number of rotatable bonds is 4. The van der Waals surface area contributed by atoms with E-state index in [-0.39, 0.29) is 0 Å². The van der Waals surface area contributed by atoms with E-state index in [1.54, 1.807) is 11.3 Å². The predicted molar refractivity (Wildman–Crippen MR) is 68.2 cm³/mol. The summed E-state index contributed by atoms with van der Waals surface area (Å²) in [5.41, 5.74) is 2.96. The molecule has 0 saturated carbocycles. The fourth-order valence-corrected chi connectivity index (χ4v) is 2.73. The fourth-order valence-electron chi connectivity index (χ4n) is 1.62. The molecule has 2 heterocycles. The number of thiazole rings is 1. The minimum atomic E-state index is 0.687. The van der Waals surface area contributed by atoms with Crippen LogP contribution in [0.15, 0.2) is 5.51 Å². The molecule has 0 aliphatic rings. The number of nitrogens with one attached hydrogen (secondary N) is 1. The number of aromatic amines is 1. The first-order chi connectivity index (χ1) is 7.77. The predicted octanol–water partition coefficient (Wildman–Crippen LogP) is 3.04. The summed E-state index contributed by atoms with van der Waals surface area (Å²) in [4.78, 5) is 5.47. The molecule has 0 bridgehead atoms. The Hall–Kier alpha value is -1.01. The minimum Gasteiger partial charge on any atom is -0.299 e. The van der Waals surface area contributed by atoms with Gasteiger partial charge in [0.05, 0.1) is 16.1 Å². The number of H-pyrrole nitrogens is 1. The summed E-state index contributed by atoms with van der Waals surface area (Å²) in [5.74, 6) is 0.922. The SMILES string of the molecule is CCCn1c(-c2scnc2CC)n[nH]c1=S. The van der Waals surface area contributed by atoms with Crippen LogP contribution in [0.1, 0.15) is 26.0 Å². The summed E-state index contributed by atoms with van der Waals surface area (Å²) >= 11 is 6.84. The van der Waals surface area contributed by atoms with Gasteiger partial charge in [0, 0.05) is 6.54 Å². The van der Waals surface area contributed by atoms with Crippen molar-refractivity contribution in [2.45, 2.75) is 33.2 Å². The van der Waals surface area contributed by atoms with Crippen molar-refractivity contribution >= 4 is 23.6 Å². The van der Waals surface area contributed by atoms with Gasteiger partial charge < -0.3 is 0 Å². The maximum Gasteiger partial charge on any atom is 0.195 e. The van der Waals surface area contributed by atoms with Crippen LogP contribution in [0.25, 0.3) is 10.7 Å². The van der Waals surface area contributed by atoms with Crippen LogP contribution < -0.4 is 0 Å². The average Bonchev–Trinajstić information content (AvgIpc) is 2.87. The highest BCUT2D eigenvalue weighted by Gasteiger charge is 2.13. The molecule has 6 heteroatoms. The number of aryl methyl sites for hydroxylation is 1. The van der Waals surface area contributed by atoms with E-state index < -0.39 is 0 Å². The minimum absolute atomic E-state index is 0.687. The van der Waals surface area contributed by atoms with Crippen LogP contribution in [0.3, 0.4) is 0 Å². The van der Waals surface area contributed by atoms with Crippen LogP contribution >= 0.6 is 23.6 Å². The molecule has 0 aliphatic carbocycles. The van der Waals surface area contributed by atoms with E-state index in [1.807, 2.05) is 10.1 Å². The van der Waals surface area contributed by atoms with Crippen LogP contribution in [-0.2, 0) is 13.0 Å². The lowest BCUT2D eigenvalue weighted by atomic mass is 10.3. The van der Waals surface area contributed by atoms with Gasteiger partial charge in [-0.15, -0.1) is 11.3 Å². The van der Waals surface area contributed by atoms with Crippen molar-refractivity contribution in [3.8, 4) is 10.7 Å². The first-order valence-electron chi connectivity index (χ1n) is 5.35. The summed E-state index contributed by atoms with van der Waals surface area (Å²) in [5, 5.41) is 7.16. The highest BCUT2D eigenvalue weighted by molar-refractivity contribution is 7.71. The van der Waals surface area contributed by atoms with Crippen molar-refractivity contribution in [3.63, 3.8) is 0 Å². The third-order valence-corrected chi connectivity index (χ3v) is 3.56. The first kappa shape index (κ1) is 11.5. The van der Waals surface area contributed by atoms with Gasteiger partial charge in [-0.2, -0.15) is 5.10 Å². The number of nitrogens with zero attached hydrogens (tertiary/aromatic N) is 3. The second-order valence-electron chi connectivity index (χ2n) is 3.49. The largest absolute Gasteiger partial charge is 0.299 e. The highest BCUT2D eigenvalue weighted by atomic mass is 32.1. The van der Waals surface area contributed by atoms with E-state index >= 15 is 0 Å². The molecule has 0 amide bonds. The summed E-state index contributed by atoms with van der Waals surface area (Å²) in [6, 6.07) is 0. The molecule has 0 aromatic carbocycles. The zero-order valence-electron chi connectivity index (χ0n) is 9.36. The Morgan fingerprint density at radius 2 is 2.31 bits per heavy atom. The van der Waals surface area contributed by atoms with Crippen LogP contribution in [0.5, 0.6) is 0 Å². The van der Waals surface area contributed by atoms with Gasteiger partial charge in [0.15, 0.2) is 10.6 Å². The van der Waals surface area contributed by atoms with Gasteiger partial charge in [0.25, 0.3) is 0 Å². The molecule has 1 N–H and O–H groups in total. The molecule has 0 saturated heterocycles. The number of hydrogen-bond donors (Lipinski definition) is 1. The Labute approximate surface area is 103 Å². The van der Waals surface area contributed by atoms with Gasteiger partial charge in [-0.25, -0.2) is 4.98 Å². The van der Waals surface area contributed by atoms with Crippen molar-refractivity contribution in [2.24, 2.45) is 0 Å². The van der Waals surface area contributed by atoms with Crippen LogP contribution in [-0.4, -0.2) is 19.7 Å². The molecule has 0 spiro atoms. The average molecular weight is 254 g/mol. The molecule has 0 unspecified atom stereocenters. The third-order valence-electron chi connectivity index (χ3n) is 2.38. The topological polar surface area (TPSA) is 46.5 Å². The van der Waals surface area contributed by atoms with E-state index in [0.29, 0.717) is 4.77 Å². The standard InChI is InChI=1S/C10H14N4S2/c1-3-5-14-9(12-13-10(14)15)8-7(4-2)11-6-16-8/h6H,3-5H2,1-2H3,(H,13,15).